The molecule has 1 aromatic carbocycles. The van der Waals surface area contributed by atoms with Gasteiger partial charge in [0.2, 0.25) is 5.91 Å². The summed E-state index contributed by atoms with van der Waals surface area (Å²) in [6.07, 6.45) is 4.79. The molecule has 2 fully saturated rings. The number of likely N-dealkylation sites (tertiary alicyclic amines) is 2. The summed E-state index contributed by atoms with van der Waals surface area (Å²) in [4.78, 5) is 30.7. The number of pyridine rings is 1. The van der Waals surface area contributed by atoms with Gasteiger partial charge in [0, 0.05) is 43.4 Å². The monoisotopic (exact) mass is 492 g/mol. The third-order valence-electron chi connectivity index (χ3n) is 7.26. The molecule has 0 unspecified atom stereocenters. The van der Waals surface area contributed by atoms with Crippen LogP contribution in [-0.2, 0) is 17.9 Å². The Hall–Kier alpha value is -1.86. The number of carbonyl (C=O) groups is 1. The molecule has 2 bridgehead atoms. The van der Waals surface area contributed by atoms with Crippen LogP contribution in [0.3, 0.4) is 0 Å². The van der Waals surface area contributed by atoms with Crippen molar-refractivity contribution < 1.29 is 4.79 Å². The van der Waals surface area contributed by atoms with Crippen LogP contribution in [0.1, 0.15) is 54.5 Å². The van der Waals surface area contributed by atoms with Crippen LogP contribution in [0.2, 0.25) is 0 Å². The first-order chi connectivity index (χ1) is 15.1. The van der Waals surface area contributed by atoms with Crippen molar-refractivity contribution in [2.75, 3.05) is 26.2 Å². The first-order valence-electron chi connectivity index (χ1n) is 11.6. The van der Waals surface area contributed by atoms with E-state index in [2.05, 4.69) is 11.0 Å². The summed E-state index contributed by atoms with van der Waals surface area (Å²) in [6.45, 7) is 4.95. The Balaban J connectivity index is 0.00000153. The van der Waals surface area contributed by atoms with Crippen LogP contribution in [0.5, 0.6) is 0 Å². The van der Waals surface area contributed by atoms with Crippen LogP contribution in [-0.4, -0.2) is 46.5 Å². The first kappa shape index (κ1) is 25.8. The minimum Gasteiger partial charge on any atom is -0.340 e. The Kier molecular flexibility index (Phi) is 8.62. The lowest BCUT2D eigenvalue weighted by atomic mass is 9.82. The molecular formula is C25H34Cl2N4O2. The van der Waals surface area contributed by atoms with Gasteiger partial charge in [-0.15, -0.1) is 24.8 Å². The molecule has 1 amide bonds. The second-order valence-corrected chi connectivity index (χ2v) is 9.47. The lowest BCUT2D eigenvalue weighted by molar-refractivity contribution is -0.135. The molecule has 8 heteroatoms. The van der Waals surface area contributed by atoms with Crippen molar-refractivity contribution in [3.63, 3.8) is 0 Å². The number of fused-ring (bicyclic) bond motifs is 4. The normalized spacial score (nSPS) is 23.0. The van der Waals surface area contributed by atoms with Crippen LogP contribution < -0.4 is 11.3 Å². The number of carbonyl (C=O) groups excluding carboxylic acids is 1. The molecule has 0 saturated carbocycles. The maximum Gasteiger partial charge on any atom is 0.255 e. The summed E-state index contributed by atoms with van der Waals surface area (Å²) >= 11 is 0. The summed E-state index contributed by atoms with van der Waals surface area (Å²) in [5, 5.41) is 0. The number of rotatable bonds is 4. The van der Waals surface area contributed by atoms with Gasteiger partial charge in [-0.1, -0.05) is 42.8 Å². The molecule has 0 spiro atoms. The molecule has 2 aromatic rings. The predicted molar refractivity (Wildman–Crippen MR) is 135 cm³/mol. The first-order valence-corrected chi connectivity index (χ1v) is 11.6. The van der Waals surface area contributed by atoms with Crippen LogP contribution in [0.4, 0.5) is 0 Å². The van der Waals surface area contributed by atoms with Gasteiger partial charge in [-0.2, -0.15) is 0 Å². The average Bonchev–Trinajstić information content (AvgIpc) is 2.81. The summed E-state index contributed by atoms with van der Waals surface area (Å²) in [5.74, 6) is 0.496. The van der Waals surface area contributed by atoms with Crippen molar-refractivity contribution in [1.82, 2.24) is 14.4 Å². The fourth-order valence-electron chi connectivity index (χ4n) is 5.65. The van der Waals surface area contributed by atoms with E-state index in [0.717, 1.165) is 42.9 Å². The average molecular weight is 493 g/mol. The van der Waals surface area contributed by atoms with Gasteiger partial charge in [0.25, 0.3) is 5.56 Å². The Morgan fingerprint density at radius 2 is 1.70 bits per heavy atom. The summed E-state index contributed by atoms with van der Waals surface area (Å²) in [6, 6.07) is 13.1. The molecule has 1 aromatic heterocycles. The second-order valence-electron chi connectivity index (χ2n) is 9.47. The molecule has 6 nitrogen and oxygen atoms in total. The van der Waals surface area contributed by atoms with Gasteiger partial charge in [0.1, 0.15) is 6.04 Å². The Bertz CT molecular complexity index is 1010. The van der Waals surface area contributed by atoms with E-state index in [1.165, 1.54) is 19.3 Å². The molecule has 3 aliphatic rings. The highest BCUT2D eigenvalue weighted by Gasteiger charge is 2.38. The molecule has 180 valence electrons. The lowest BCUT2D eigenvalue weighted by Gasteiger charge is -2.43. The number of nitrogens with two attached hydrogens (primary N) is 1. The summed E-state index contributed by atoms with van der Waals surface area (Å²) in [7, 11) is 0. The number of amides is 1. The smallest absolute Gasteiger partial charge is 0.255 e. The van der Waals surface area contributed by atoms with Gasteiger partial charge in [-0.3, -0.25) is 14.5 Å². The molecule has 0 radical (unpaired) electrons. The van der Waals surface area contributed by atoms with Crippen LogP contribution in [0.15, 0.2) is 47.3 Å². The zero-order valence-corrected chi connectivity index (χ0v) is 20.5. The summed E-state index contributed by atoms with van der Waals surface area (Å²) in [5.41, 5.74) is 9.30. The van der Waals surface area contributed by atoms with E-state index in [4.69, 9.17) is 5.73 Å². The zero-order chi connectivity index (χ0) is 21.4. The van der Waals surface area contributed by atoms with Gasteiger partial charge in [-0.25, -0.2) is 0 Å². The van der Waals surface area contributed by atoms with Gasteiger partial charge in [0.05, 0.1) is 0 Å². The van der Waals surface area contributed by atoms with Gasteiger partial charge in [-0.05, 0) is 49.9 Å². The minimum atomic E-state index is -0.630. The van der Waals surface area contributed by atoms with E-state index in [1.54, 1.807) is 0 Å². The van der Waals surface area contributed by atoms with E-state index in [0.29, 0.717) is 25.6 Å². The van der Waals surface area contributed by atoms with E-state index in [1.807, 2.05) is 45.9 Å². The zero-order valence-electron chi connectivity index (χ0n) is 18.9. The predicted octanol–water partition coefficient (Wildman–Crippen LogP) is 3.32. The van der Waals surface area contributed by atoms with Crippen molar-refractivity contribution >= 4 is 30.7 Å². The molecular weight excluding hydrogens is 459 g/mol. The Morgan fingerprint density at radius 3 is 2.42 bits per heavy atom. The number of hydrogen-bond donors (Lipinski definition) is 1. The molecule has 0 aliphatic carbocycles. The van der Waals surface area contributed by atoms with Crippen molar-refractivity contribution in [2.24, 2.45) is 11.7 Å². The molecule has 5 rings (SSSR count). The maximum absolute atomic E-state index is 13.3. The molecule has 2 saturated heterocycles. The fraction of sp³-hybridized carbons (Fsp3) is 0.520. The van der Waals surface area contributed by atoms with E-state index in [-0.39, 0.29) is 42.2 Å². The van der Waals surface area contributed by atoms with Crippen molar-refractivity contribution in [3.05, 3.63) is 69.6 Å². The number of halogens is 2. The number of benzene rings is 1. The van der Waals surface area contributed by atoms with E-state index >= 15 is 0 Å². The largest absolute Gasteiger partial charge is 0.340 e. The number of aromatic nitrogens is 1. The molecule has 3 aliphatic heterocycles. The second kappa shape index (κ2) is 11.0. The van der Waals surface area contributed by atoms with Crippen molar-refractivity contribution in [3.8, 4) is 0 Å². The minimum absolute atomic E-state index is 0. The van der Waals surface area contributed by atoms with Gasteiger partial charge >= 0.3 is 0 Å². The van der Waals surface area contributed by atoms with Crippen LogP contribution in [0, 0.1) is 5.92 Å². The van der Waals surface area contributed by atoms with Crippen LogP contribution >= 0.6 is 24.8 Å². The number of hydrogen-bond acceptors (Lipinski definition) is 4. The molecule has 33 heavy (non-hydrogen) atoms. The Morgan fingerprint density at radius 1 is 0.970 bits per heavy atom. The van der Waals surface area contributed by atoms with Gasteiger partial charge < -0.3 is 15.2 Å². The van der Waals surface area contributed by atoms with Crippen molar-refractivity contribution in [2.45, 2.75) is 50.7 Å². The highest BCUT2D eigenvalue weighted by Crippen LogP contribution is 2.36. The fourth-order valence-corrected chi connectivity index (χ4v) is 5.65. The van der Waals surface area contributed by atoms with E-state index < -0.39 is 6.04 Å². The third kappa shape index (κ3) is 5.29. The molecule has 4 heterocycles. The highest BCUT2D eigenvalue weighted by molar-refractivity contribution is 5.85. The molecule has 2 N–H and O–H groups in total. The van der Waals surface area contributed by atoms with Crippen molar-refractivity contribution in [1.29, 1.82) is 0 Å². The van der Waals surface area contributed by atoms with Crippen LogP contribution in [0.25, 0.3) is 0 Å². The summed E-state index contributed by atoms with van der Waals surface area (Å²) < 4.78 is 2.00. The Labute approximate surface area is 207 Å². The highest BCUT2D eigenvalue weighted by atomic mass is 35.5. The standard InChI is InChI=1S/C25H32N4O2.2ClH/c26-23(19-7-3-1-4-8-19)25(31)28-14-18-13-21(17-28)22-10-9-20(24(30)29(22)15-18)16-27-11-5-2-6-12-27;;/h1,3-4,7-10,18,21,23H,2,5-6,11-17,26H2;2*1H/t18-,21+,23-;;/m0../s1. The number of nitrogens with zero attached hydrogens (tertiary/aromatic N) is 3. The quantitative estimate of drug-likeness (QED) is 0.710. The lowest BCUT2D eigenvalue weighted by Crippen LogP contribution is -2.51. The molecule has 3 atom stereocenters. The van der Waals surface area contributed by atoms with E-state index in [9.17, 15) is 9.59 Å². The maximum atomic E-state index is 13.3. The third-order valence-corrected chi connectivity index (χ3v) is 7.26. The van der Waals surface area contributed by atoms with Gasteiger partial charge in [0.15, 0.2) is 0 Å². The number of piperidine rings is 2. The SMILES string of the molecule is Cl.Cl.N[C@H](C(=O)N1C[C@@H]2C[C@H](C1)c1ccc(CN3CCCCC3)c(=O)n1C2)c1ccccc1. The topological polar surface area (TPSA) is 71.6 Å².